The summed E-state index contributed by atoms with van der Waals surface area (Å²) in [6.07, 6.45) is 3.80. The molecule has 0 saturated carbocycles. The van der Waals surface area contributed by atoms with Gasteiger partial charge in [0.15, 0.2) is 5.03 Å². The van der Waals surface area contributed by atoms with Gasteiger partial charge in [0.25, 0.3) is 10.0 Å². The molecule has 0 radical (unpaired) electrons. The number of hydrogen-bond donors (Lipinski definition) is 2. The lowest BCUT2D eigenvalue weighted by Gasteiger charge is -2.30. The van der Waals surface area contributed by atoms with Gasteiger partial charge in [-0.15, -0.1) is 0 Å². The maximum absolute atomic E-state index is 12.9. The summed E-state index contributed by atoms with van der Waals surface area (Å²) >= 11 is 0. The number of benzene rings is 1. The summed E-state index contributed by atoms with van der Waals surface area (Å²) < 4.78 is 37.9. The molecule has 1 aromatic heterocycles. The Hall–Kier alpha value is -2.59. The summed E-state index contributed by atoms with van der Waals surface area (Å²) in [5.41, 5.74) is 0.511. The fraction of sp³-hybridized carbons (Fsp3) is 0.474. The van der Waals surface area contributed by atoms with Gasteiger partial charge in [0, 0.05) is 19.2 Å². The predicted molar refractivity (Wildman–Crippen MR) is 107 cm³/mol. The Labute approximate surface area is 170 Å². The van der Waals surface area contributed by atoms with Gasteiger partial charge >= 0.3 is 0 Å². The number of nitrogens with zero attached hydrogens (tertiary/aromatic N) is 2. The van der Waals surface area contributed by atoms with Crippen LogP contribution in [0, 0.1) is 5.92 Å². The van der Waals surface area contributed by atoms with Crippen LogP contribution in [0.2, 0.25) is 0 Å². The monoisotopic (exact) mass is 422 g/mol. The molecule has 1 aromatic carbocycles. The van der Waals surface area contributed by atoms with Crippen LogP contribution in [-0.2, 0) is 14.8 Å². The third-order valence-corrected chi connectivity index (χ3v) is 6.46. The number of anilines is 1. The van der Waals surface area contributed by atoms with Crippen molar-refractivity contribution in [2.75, 3.05) is 31.6 Å². The first kappa shape index (κ1) is 21.1. The first-order chi connectivity index (χ1) is 14.0. The number of carbonyl (C=O) groups excluding carboxylic acids is 1. The van der Waals surface area contributed by atoms with E-state index in [0.29, 0.717) is 49.8 Å². The van der Waals surface area contributed by atoms with Crippen LogP contribution in [-0.4, -0.2) is 54.9 Å². The smallest absolute Gasteiger partial charge is 0.260 e. The van der Waals surface area contributed by atoms with Gasteiger partial charge in [-0.2, -0.15) is 4.31 Å². The van der Waals surface area contributed by atoms with Crippen LogP contribution >= 0.6 is 0 Å². The molecule has 0 spiro atoms. The summed E-state index contributed by atoms with van der Waals surface area (Å²) in [5.74, 6) is 0.455. The van der Waals surface area contributed by atoms with E-state index in [9.17, 15) is 13.2 Å². The number of H-pyrrole nitrogens is 1. The highest BCUT2D eigenvalue weighted by atomic mass is 32.2. The molecule has 0 bridgehead atoms. The number of rotatable bonds is 8. The van der Waals surface area contributed by atoms with E-state index in [1.807, 2.05) is 13.8 Å². The molecular formula is C19H26N4O5S. The lowest BCUT2D eigenvalue weighted by atomic mass is 9.98. The number of piperidine rings is 1. The second-order valence-corrected chi connectivity index (χ2v) is 8.54. The molecule has 0 aliphatic carbocycles. The molecule has 1 aliphatic heterocycles. The Balaban J connectivity index is 1.74. The van der Waals surface area contributed by atoms with Gasteiger partial charge in [0.05, 0.1) is 37.3 Å². The van der Waals surface area contributed by atoms with Crippen molar-refractivity contribution in [2.45, 2.75) is 31.7 Å². The fourth-order valence-electron chi connectivity index (χ4n) is 3.28. The highest BCUT2D eigenvalue weighted by Crippen LogP contribution is 2.31. The minimum absolute atomic E-state index is 0.0293. The van der Waals surface area contributed by atoms with Gasteiger partial charge in [-0.3, -0.25) is 4.79 Å². The number of sulfonamides is 1. The van der Waals surface area contributed by atoms with E-state index in [0.717, 1.165) is 0 Å². The second-order valence-electron chi connectivity index (χ2n) is 6.63. The van der Waals surface area contributed by atoms with E-state index in [1.54, 1.807) is 18.2 Å². The van der Waals surface area contributed by atoms with Gasteiger partial charge in [-0.25, -0.2) is 13.4 Å². The third-order valence-electron chi connectivity index (χ3n) is 4.67. The molecule has 1 aliphatic rings. The van der Waals surface area contributed by atoms with Crippen molar-refractivity contribution in [3.05, 3.63) is 30.7 Å². The van der Waals surface area contributed by atoms with Crippen molar-refractivity contribution < 1.29 is 22.7 Å². The Morgan fingerprint density at radius 2 is 2.10 bits per heavy atom. The Morgan fingerprint density at radius 3 is 2.79 bits per heavy atom. The van der Waals surface area contributed by atoms with Crippen molar-refractivity contribution in [1.29, 1.82) is 0 Å². The van der Waals surface area contributed by atoms with Crippen LogP contribution in [0.15, 0.2) is 35.7 Å². The van der Waals surface area contributed by atoms with Crippen molar-refractivity contribution in [1.82, 2.24) is 14.3 Å². The number of aromatic amines is 1. The number of aromatic nitrogens is 2. The molecule has 10 heteroatoms. The number of hydrogen-bond acceptors (Lipinski definition) is 6. The van der Waals surface area contributed by atoms with Crippen LogP contribution in [0.25, 0.3) is 0 Å². The van der Waals surface area contributed by atoms with E-state index in [-0.39, 0.29) is 17.5 Å². The SMILES string of the molecule is CCOc1ccc(OCC)c(NC(=O)[C@@H]2CCCN(S(=O)(=O)c3cnc[nH]3)C2)c1. The molecule has 3 rings (SSSR count). The third kappa shape index (κ3) is 4.88. The largest absolute Gasteiger partial charge is 0.494 e. The van der Waals surface area contributed by atoms with E-state index in [1.165, 1.54) is 16.8 Å². The summed E-state index contributed by atoms with van der Waals surface area (Å²) in [6.45, 7) is 5.19. The standard InChI is InChI=1S/C19H26N4O5S/c1-3-27-15-7-8-17(28-4-2)16(10-15)22-19(24)14-6-5-9-23(12-14)29(25,26)18-11-20-13-21-18/h7-8,10-11,13-14H,3-6,9,12H2,1-2H3,(H,20,21)(H,22,24)/t14-/m1/s1. The molecule has 0 unspecified atom stereocenters. The second kappa shape index (κ2) is 9.27. The summed E-state index contributed by atoms with van der Waals surface area (Å²) in [7, 11) is -3.70. The zero-order valence-electron chi connectivity index (χ0n) is 16.6. The van der Waals surface area contributed by atoms with Gasteiger partial charge in [-0.05, 0) is 38.8 Å². The Morgan fingerprint density at radius 1 is 1.31 bits per heavy atom. The van der Waals surface area contributed by atoms with E-state index >= 15 is 0 Å². The summed E-state index contributed by atoms with van der Waals surface area (Å²) in [5, 5.41) is 2.91. The predicted octanol–water partition coefficient (Wildman–Crippen LogP) is 2.25. The fourth-order valence-corrected chi connectivity index (χ4v) is 4.70. The average Bonchev–Trinajstić information content (AvgIpc) is 3.26. The minimum atomic E-state index is -3.70. The molecule has 1 saturated heterocycles. The van der Waals surface area contributed by atoms with Crippen molar-refractivity contribution in [2.24, 2.45) is 5.92 Å². The van der Waals surface area contributed by atoms with Crippen molar-refractivity contribution in [3.8, 4) is 11.5 Å². The van der Waals surface area contributed by atoms with E-state index in [4.69, 9.17) is 9.47 Å². The molecule has 29 heavy (non-hydrogen) atoms. The van der Waals surface area contributed by atoms with Crippen LogP contribution in [0.3, 0.4) is 0 Å². The summed E-state index contributed by atoms with van der Waals surface area (Å²) in [4.78, 5) is 19.3. The average molecular weight is 423 g/mol. The number of carbonyl (C=O) groups is 1. The molecule has 1 atom stereocenters. The first-order valence-corrected chi connectivity index (χ1v) is 11.1. The quantitative estimate of drug-likeness (QED) is 0.674. The van der Waals surface area contributed by atoms with Gasteiger partial charge in [-0.1, -0.05) is 0 Å². The number of imidazole rings is 1. The van der Waals surface area contributed by atoms with Gasteiger partial charge in [0.1, 0.15) is 11.5 Å². The van der Waals surface area contributed by atoms with E-state index < -0.39 is 15.9 Å². The maximum atomic E-state index is 12.9. The molecule has 1 fully saturated rings. The Kier molecular flexibility index (Phi) is 6.75. The van der Waals surface area contributed by atoms with Crippen molar-refractivity contribution in [3.63, 3.8) is 0 Å². The lowest BCUT2D eigenvalue weighted by Crippen LogP contribution is -2.43. The van der Waals surface area contributed by atoms with Crippen LogP contribution < -0.4 is 14.8 Å². The number of nitrogens with one attached hydrogen (secondary N) is 2. The zero-order valence-corrected chi connectivity index (χ0v) is 17.4. The Bertz CT molecular complexity index is 930. The molecule has 1 amide bonds. The topological polar surface area (TPSA) is 114 Å². The number of amides is 1. The van der Waals surface area contributed by atoms with Crippen LogP contribution in [0.1, 0.15) is 26.7 Å². The summed E-state index contributed by atoms with van der Waals surface area (Å²) in [6, 6.07) is 5.25. The normalized spacial score (nSPS) is 17.7. The van der Waals surface area contributed by atoms with Crippen molar-refractivity contribution >= 4 is 21.6 Å². The molecule has 9 nitrogen and oxygen atoms in total. The number of ether oxygens (including phenoxy) is 2. The molecule has 2 aromatic rings. The maximum Gasteiger partial charge on any atom is 0.260 e. The zero-order chi connectivity index (χ0) is 20.9. The van der Waals surface area contributed by atoms with E-state index in [2.05, 4.69) is 15.3 Å². The minimum Gasteiger partial charge on any atom is -0.494 e. The highest BCUT2D eigenvalue weighted by Gasteiger charge is 2.34. The van der Waals surface area contributed by atoms with Crippen LogP contribution in [0.5, 0.6) is 11.5 Å². The van der Waals surface area contributed by atoms with Gasteiger partial charge < -0.3 is 19.8 Å². The molecule has 158 valence electrons. The molecule has 2 N–H and O–H groups in total. The first-order valence-electron chi connectivity index (χ1n) is 9.64. The lowest BCUT2D eigenvalue weighted by molar-refractivity contribution is -0.120. The molecule has 2 heterocycles. The van der Waals surface area contributed by atoms with Gasteiger partial charge in [0.2, 0.25) is 5.91 Å². The molecular weight excluding hydrogens is 396 g/mol. The van der Waals surface area contributed by atoms with Crippen LogP contribution in [0.4, 0.5) is 5.69 Å². The highest BCUT2D eigenvalue weighted by molar-refractivity contribution is 7.89.